The molecule has 2 aliphatic carbocycles. The number of rotatable bonds is 4. The van der Waals surface area contributed by atoms with Crippen LogP contribution in [-0.4, -0.2) is 37.3 Å². The molecule has 0 radical (unpaired) electrons. The molecule has 1 amide bonds. The summed E-state index contributed by atoms with van der Waals surface area (Å²) in [5, 5.41) is 2.76. The van der Waals surface area contributed by atoms with Crippen LogP contribution in [-0.2, 0) is 14.8 Å². The van der Waals surface area contributed by atoms with Crippen molar-refractivity contribution in [2.24, 2.45) is 0 Å². The Morgan fingerprint density at radius 2 is 1.79 bits per heavy atom. The fraction of sp³-hybridized carbons (Fsp3) is 0.562. The molecule has 1 heterocycles. The lowest BCUT2D eigenvalue weighted by atomic mass is 10.2. The number of anilines is 1. The molecule has 4 rings (SSSR count). The molecular weight excluding hydrogens is 352 g/mol. The van der Waals surface area contributed by atoms with Crippen molar-refractivity contribution in [3.63, 3.8) is 0 Å². The molecule has 0 atom stereocenters. The van der Waals surface area contributed by atoms with E-state index in [4.69, 9.17) is 16.3 Å². The maximum Gasteiger partial charge on any atom is 0.262 e. The molecule has 0 aromatic heterocycles. The third kappa shape index (κ3) is 2.78. The first kappa shape index (κ1) is 16.2. The van der Waals surface area contributed by atoms with Crippen LogP contribution < -0.4 is 10.1 Å². The highest BCUT2D eigenvalue weighted by Gasteiger charge is 2.44. The van der Waals surface area contributed by atoms with Gasteiger partial charge in [-0.3, -0.25) is 4.79 Å². The second kappa shape index (κ2) is 5.89. The van der Waals surface area contributed by atoms with Gasteiger partial charge >= 0.3 is 0 Å². The van der Waals surface area contributed by atoms with Crippen LogP contribution in [0, 0.1) is 0 Å². The van der Waals surface area contributed by atoms with Crippen molar-refractivity contribution in [1.82, 2.24) is 4.31 Å². The smallest absolute Gasteiger partial charge is 0.262 e. The number of carbonyl (C=O) groups excluding carboxylic acids is 1. The number of hydrogen-bond donors (Lipinski definition) is 1. The number of nitrogens with one attached hydrogen (secondary N) is 1. The Balaban J connectivity index is 1.74. The van der Waals surface area contributed by atoms with Gasteiger partial charge in [-0.1, -0.05) is 24.4 Å². The maximum absolute atomic E-state index is 13.3. The number of halogens is 1. The van der Waals surface area contributed by atoms with E-state index in [0.29, 0.717) is 11.4 Å². The fourth-order valence-electron chi connectivity index (χ4n) is 3.57. The Labute approximate surface area is 146 Å². The normalized spacial score (nSPS) is 21.5. The Kier molecular flexibility index (Phi) is 3.97. The van der Waals surface area contributed by atoms with Gasteiger partial charge in [-0.25, -0.2) is 8.42 Å². The molecule has 1 aromatic rings. The van der Waals surface area contributed by atoms with Gasteiger partial charge in [0.25, 0.3) is 5.91 Å². The van der Waals surface area contributed by atoms with Crippen LogP contribution in [0.5, 0.6) is 5.75 Å². The van der Waals surface area contributed by atoms with Crippen LogP contribution in [0.4, 0.5) is 5.69 Å². The molecule has 1 N–H and O–H groups in total. The summed E-state index contributed by atoms with van der Waals surface area (Å²) < 4.78 is 33.6. The molecule has 0 unspecified atom stereocenters. The number of carbonyl (C=O) groups is 1. The van der Waals surface area contributed by atoms with Crippen molar-refractivity contribution in [3.8, 4) is 5.75 Å². The minimum Gasteiger partial charge on any atom is -0.482 e. The highest BCUT2D eigenvalue weighted by molar-refractivity contribution is 7.89. The Bertz CT molecular complexity index is 786. The molecule has 3 aliphatic rings. The summed E-state index contributed by atoms with van der Waals surface area (Å²) in [5.74, 6) is 0.0690. The average molecular weight is 371 g/mol. The first-order valence-corrected chi connectivity index (χ1v) is 10.1. The predicted molar refractivity (Wildman–Crippen MR) is 89.9 cm³/mol. The Hall–Kier alpha value is -1.31. The molecule has 24 heavy (non-hydrogen) atoms. The number of benzene rings is 1. The second-order valence-corrected chi connectivity index (χ2v) is 8.84. The maximum atomic E-state index is 13.3. The topological polar surface area (TPSA) is 75.7 Å². The molecular formula is C16H19ClN2O4S. The highest BCUT2D eigenvalue weighted by Crippen LogP contribution is 2.42. The molecule has 8 heteroatoms. The van der Waals surface area contributed by atoms with Crippen LogP contribution in [0.25, 0.3) is 0 Å². The van der Waals surface area contributed by atoms with Gasteiger partial charge in [0.05, 0.1) is 10.7 Å². The third-order valence-electron chi connectivity index (χ3n) is 4.81. The van der Waals surface area contributed by atoms with E-state index in [0.717, 1.165) is 38.5 Å². The number of sulfonamides is 1. The SMILES string of the molecule is O=C1COc2cc(S(=O)(=O)N(C3CCCC3)C3CC3)c(Cl)cc2N1. The summed E-state index contributed by atoms with van der Waals surface area (Å²) in [6.07, 6.45) is 5.76. The van der Waals surface area contributed by atoms with Crippen molar-refractivity contribution >= 4 is 33.2 Å². The molecule has 1 aliphatic heterocycles. The van der Waals surface area contributed by atoms with Crippen LogP contribution in [0.15, 0.2) is 17.0 Å². The molecule has 130 valence electrons. The van der Waals surface area contributed by atoms with Gasteiger partial charge in [-0.15, -0.1) is 0 Å². The van der Waals surface area contributed by atoms with Crippen molar-refractivity contribution in [1.29, 1.82) is 0 Å². The summed E-state index contributed by atoms with van der Waals surface area (Å²) in [4.78, 5) is 11.5. The molecule has 0 bridgehead atoms. The molecule has 0 spiro atoms. The van der Waals surface area contributed by atoms with Gasteiger partial charge in [0, 0.05) is 18.2 Å². The zero-order valence-corrected chi connectivity index (χ0v) is 14.7. The van der Waals surface area contributed by atoms with E-state index in [1.807, 2.05) is 0 Å². The Morgan fingerprint density at radius 1 is 1.12 bits per heavy atom. The third-order valence-corrected chi connectivity index (χ3v) is 7.28. The van der Waals surface area contributed by atoms with Crippen LogP contribution in [0.1, 0.15) is 38.5 Å². The van der Waals surface area contributed by atoms with Gasteiger partial charge in [0.2, 0.25) is 10.0 Å². The number of ether oxygens (including phenoxy) is 1. The van der Waals surface area contributed by atoms with Gasteiger partial charge in [0.15, 0.2) is 6.61 Å². The van der Waals surface area contributed by atoms with E-state index < -0.39 is 10.0 Å². The van der Waals surface area contributed by atoms with Crippen molar-refractivity contribution in [3.05, 3.63) is 17.2 Å². The highest BCUT2D eigenvalue weighted by atomic mass is 35.5. The summed E-state index contributed by atoms with van der Waals surface area (Å²) >= 11 is 6.26. The Morgan fingerprint density at radius 3 is 2.46 bits per heavy atom. The molecule has 2 fully saturated rings. The quantitative estimate of drug-likeness (QED) is 0.884. The van der Waals surface area contributed by atoms with Gasteiger partial charge in [0.1, 0.15) is 10.6 Å². The number of amides is 1. The van der Waals surface area contributed by atoms with E-state index in [-0.39, 0.29) is 34.5 Å². The van der Waals surface area contributed by atoms with Gasteiger partial charge < -0.3 is 10.1 Å². The fourth-order valence-corrected chi connectivity index (χ4v) is 6.02. The standard InChI is InChI=1S/C16H19ClN2O4S/c17-12-7-13-14(23-9-16(20)18-13)8-15(12)24(21,22)19(11-5-6-11)10-3-1-2-4-10/h7-8,10-11H,1-6,9H2,(H,18,20). The first-order valence-electron chi connectivity index (χ1n) is 8.26. The van der Waals surface area contributed by atoms with Crippen molar-refractivity contribution < 1.29 is 17.9 Å². The van der Waals surface area contributed by atoms with E-state index in [1.165, 1.54) is 12.1 Å². The predicted octanol–water partition coefficient (Wildman–Crippen LogP) is 2.77. The van der Waals surface area contributed by atoms with E-state index in [2.05, 4.69) is 5.32 Å². The molecule has 2 saturated carbocycles. The minimum absolute atomic E-state index is 0.0650. The summed E-state index contributed by atoms with van der Waals surface area (Å²) in [6, 6.07) is 3.05. The van der Waals surface area contributed by atoms with Gasteiger partial charge in [-0.05, 0) is 31.7 Å². The summed E-state index contributed by atoms with van der Waals surface area (Å²) in [7, 11) is -3.69. The lowest BCUT2D eigenvalue weighted by molar-refractivity contribution is -0.118. The molecule has 0 saturated heterocycles. The van der Waals surface area contributed by atoms with E-state index in [9.17, 15) is 13.2 Å². The molecule has 1 aromatic carbocycles. The number of fused-ring (bicyclic) bond motifs is 1. The number of hydrogen-bond acceptors (Lipinski definition) is 4. The van der Waals surface area contributed by atoms with Crippen molar-refractivity contribution in [2.45, 2.75) is 55.5 Å². The van der Waals surface area contributed by atoms with Crippen LogP contribution in [0.2, 0.25) is 5.02 Å². The van der Waals surface area contributed by atoms with Gasteiger partial charge in [-0.2, -0.15) is 4.31 Å². The lowest BCUT2D eigenvalue weighted by Gasteiger charge is -2.29. The lowest BCUT2D eigenvalue weighted by Crippen LogP contribution is -2.40. The summed E-state index contributed by atoms with van der Waals surface area (Å²) in [5.41, 5.74) is 0.411. The second-order valence-electron chi connectivity index (χ2n) is 6.62. The van der Waals surface area contributed by atoms with Crippen molar-refractivity contribution in [2.75, 3.05) is 11.9 Å². The van der Waals surface area contributed by atoms with E-state index >= 15 is 0 Å². The average Bonchev–Trinajstić information content (AvgIpc) is 3.20. The zero-order chi connectivity index (χ0) is 16.9. The largest absolute Gasteiger partial charge is 0.482 e. The van der Waals surface area contributed by atoms with Crippen LogP contribution >= 0.6 is 11.6 Å². The monoisotopic (exact) mass is 370 g/mol. The van der Waals surface area contributed by atoms with Crippen LogP contribution in [0.3, 0.4) is 0 Å². The minimum atomic E-state index is -3.69. The zero-order valence-electron chi connectivity index (χ0n) is 13.1. The summed E-state index contributed by atoms with van der Waals surface area (Å²) in [6.45, 7) is -0.122. The first-order chi connectivity index (χ1) is 11.5. The molecule has 6 nitrogen and oxygen atoms in total. The number of nitrogens with zero attached hydrogens (tertiary/aromatic N) is 1. The van der Waals surface area contributed by atoms with E-state index in [1.54, 1.807) is 4.31 Å².